The van der Waals surface area contributed by atoms with Gasteiger partial charge in [-0.25, -0.2) is 4.68 Å². The molecule has 0 aliphatic rings. The molecule has 4 aromatic rings. The van der Waals surface area contributed by atoms with E-state index in [1.807, 2.05) is 17.5 Å². The van der Waals surface area contributed by atoms with Crippen LogP contribution >= 0.6 is 23.6 Å². The summed E-state index contributed by atoms with van der Waals surface area (Å²) in [5.74, 6) is -0.198. The number of benzene rings is 1. The number of amides is 2. The number of nitrogens with two attached hydrogens (primary N) is 1. The van der Waals surface area contributed by atoms with Gasteiger partial charge in [0.1, 0.15) is 11.7 Å². The van der Waals surface area contributed by atoms with Gasteiger partial charge in [-0.2, -0.15) is 10.2 Å². The van der Waals surface area contributed by atoms with Gasteiger partial charge in [0.2, 0.25) is 5.91 Å². The summed E-state index contributed by atoms with van der Waals surface area (Å²) in [5.41, 5.74) is 6.75. The van der Waals surface area contributed by atoms with Crippen molar-refractivity contribution in [1.82, 2.24) is 24.5 Å². The van der Waals surface area contributed by atoms with Crippen molar-refractivity contribution >= 4 is 41.1 Å². The van der Waals surface area contributed by atoms with E-state index < -0.39 is 11.9 Å². The highest BCUT2D eigenvalue weighted by Gasteiger charge is 2.21. The van der Waals surface area contributed by atoms with E-state index in [2.05, 4.69) is 20.6 Å². The molecule has 0 bridgehead atoms. The minimum absolute atomic E-state index is 0.180. The summed E-state index contributed by atoms with van der Waals surface area (Å²) >= 11 is 6.85. The van der Waals surface area contributed by atoms with Crippen LogP contribution in [0.3, 0.4) is 0 Å². The number of nitrogens with zero attached hydrogens (tertiary/aromatic N) is 4. The van der Waals surface area contributed by atoms with Gasteiger partial charge in [0.25, 0.3) is 5.91 Å². The summed E-state index contributed by atoms with van der Waals surface area (Å²) in [6.07, 6.45) is 1.64. The molecule has 3 heterocycles. The molecule has 0 spiro atoms. The molecule has 0 fully saturated rings. The molecule has 1 aromatic carbocycles. The lowest BCUT2D eigenvalue weighted by Gasteiger charge is -2.15. The van der Waals surface area contributed by atoms with Crippen LogP contribution in [-0.2, 0) is 4.79 Å². The van der Waals surface area contributed by atoms with Crippen molar-refractivity contribution in [2.45, 2.75) is 13.0 Å². The summed E-state index contributed by atoms with van der Waals surface area (Å²) in [7, 11) is 0. The third-order valence-electron chi connectivity index (χ3n) is 4.45. The van der Waals surface area contributed by atoms with E-state index in [-0.39, 0.29) is 11.6 Å². The van der Waals surface area contributed by atoms with E-state index in [1.54, 1.807) is 48.0 Å². The number of aromatic nitrogens is 5. The number of H-pyrrole nitrogens is 1. The lowest BCUT2D eigenvalue weighted by molar-refractivity contribution is -0.118. The molecule has 0 aliphatic carbocycles. The monoisotopic (exact) mass is 439 g/mol. The Labute approximate surface area is 180 Å². The second kappa shape index (κ2) is 8.05. The molecule has 4 rings (SSSR count). The number of carbonyl (C=O) groups excluding carboxylic acids is 2. The van der Waals surface area contributed by atoms with E-state index in [1.165, 1.54) is 16.0 Å². The fraction of sp³-hybridized carbons (Fsp3) is 0.105. The van der Waals surface area contributed by atoms with Crippen LogP contribution in [0.1, 0.15) is 23.5 Å². The van der Waals surface area contributed by atoms with Gasteiger partial charge in [-0.05, 0) is 60.9 Å². The van der Waals surface area contributed by atoms with Crippen LogP contribution in [0, 0.1) is 4.77 Å². The highest BCUT2D eigenvalue weighted by atomic mass is 32.1. The van der Waals surface area contributed by atoms with Crippen LogP contribution < -0.4 is 11.1 Å². The first-order chi connectivity index (χ1) is 14.4. The summed E-state index contributed by atoms with van der Waals surface area (Å²) in [4.78, 5) is 24.9. The summed E-state index contributed by atoms with van der Waals surface area (Å²) in [5, 5.41) is 16.0. The molecule has 0 saturated heterocycles. The van der Waals surface area contributed by atoms with Gasteiger partial charge in [0, 0.05) is 11.9 Å². The number of aromatic amines is 1. The molecule has 0 aliphatic heterocycles. The maximum atomic E-state index is 12.8. The maximum absolute atomic E-state index is 12.8. The predicted molar refractivity (Wildman–Crippen MR) is 116 cm³/mol. The number of nitrogens with one attached hydrogen (secondary N) is 2. The molecule has 1 unspecified atom stereocenters. The number of primary amides is 1. The normalized spacial score (nSPS) is 11.9. The van der Waals surface area contributed by atoms with E-state index in [0.29, 0.717) is 16.3 Å². The first-order valence-electron chi connectivity index (χ1n) is 8.91. The zero-order valence-corrected chi connectivity index (χ0v) is 17.4. The Morgan fingerprint density at radius 3 is 2.63 bits per heavy atom. The molecule has 0 saturated carbocycles. The summed E-state index contributed by atoms with van der Waals surface area (Å²) in [6, 6.07) is 11.9. The Morgan fingerprint density at radius 1 is 1.23 bits per heavy atom. The third-order valence-corrected chi connectivity index (χ3v) is 5.61. The van der Waals surface area contributed by atoms with Crippen molar-refractivity contribution in [1.29, 1.82) is 0 Å². The first-order valence-corrected chi connectivity index (χ1v) is 10.2. The number of hydrogen-bond acceptors (Lipinski definition) is 6. The quantitative estimate of drug-likeness (QED) is 0.398. The highest BCUT2D eigenvalue weighted by molar-refractivity contribution is 7.71. The predicted octanol–water partition coefficient (Wildman–Crippen LogP) is 3.15. The minimum Gasteiger partial charge on any atom is -0.364 e. The average Bonchev–Trinajstić information content (AvgIpc) is 3.48. The van der Waals surface area contributed by atoms with Crippen LogP contribution in [0.25, 0.3) is 16.4 Å². The Bertz CT molecular complexity index is 1250. The second-order valence-electron chi connectivity index (χ2n) is 6.42. The number of rotatable bonds is 6. The SMILES string of the molecule is CC(C(=O)Nc1ccc(-n2ccc(C(N)=O)n2)cc1)n1c(-c2cccs2)n[nH]c1=S. The number of anilines is 1. The fourth-order valence-electron chi connectivity index (χ4n) is 2.90. The van der Waals surface area contributed by atoms with Gasteiger partial charge in [-0.3, -0.25) is 19.3 Å². The fourth-order valence-corrected chi connectivity index (χ4v) is 3.90. The van der Waals surface area contributed by atoms with Crippen LogP contribution in [0.5, 0.6) is 0 Å². The van der Waals surface area contributed by atoms with E-state index in [9.17, 15) is 9.59 Å². The Balaban J connectivity index is 1.51. The van der Waals surface area contributed by atoms with Crippen LogP contribution in [0.2, 0.25) is 0 Å². The Hall–Kier alpha value is -3.57. The van der Waals surface area contributed by atoms with Crippen molar-refractivity contribution in [3.05, 3.63) is 64.5 Å². The van der Waals surface area contributed by atoms with Crippen molar-refractivity contribution < 1.29 is 9.59 Å². The molecule has 0 radical (unpaired) electrons. The van der Waals surface area contributed by atoms with Gasteiger partial charge in [0.15, 0.2) is 10.6 Å². The molecule has 4 N–H and O–H groups in total. The minimum atomic E-state index is -0.591. The second-order valence-corrected chi connectivity index (χ2v) is 7.76. The lowest BCUT2D eigenvalue weighted by atomic mass is 10.2. The van der Waals surface area contributed by atoms with Crippen LogP contribution in [0.4, 0.5) is 5.69 Å². The number of carbonyl (C=O) groups is 2. The first kappa shape index (κ1) is 19.7. The Morgan fingerprint density at radius 2 is 2.00 bits per heavy atom. The molecule has 9 nitrogen and oxygen atoms in total. The standard InChI is InChI=1S/C19H17N7O2S2/c1-11(26-17(22-23-19(26)29)15-3-2-10-30-15)18(28)21-12-4-6-13(7-5-12)25-9-8-14(24-25)16(20)27/h2-11H,1H3,(H2,20,27)(H,21,28)(H,23,29). The molecule has 3 aromatic heterocycles. The summed E-state index contributed by atoms with van der Waals surface area (Å²) < 4.78 is 3.60. The van der Waals surface area contributed by atoms with Crippen molar-refractivity contribution in [3.63, 3.8) is 0 Å². The van der Waals surface area contributed by atoms with E-state index in [4.69, 9.17) is 18.0 Å². The van der Waals surface area contributed by atoms with E-state index in [0.717, 1.165) is 10.6 Å². The number of hydrogen-bond donors (Lipinski definition) is 3. The molecule has 1 atom stereocenters. The van der Waals surface area contributed by atoms with Crippen LogP contribution in [0.15, 0.2) is 54.0 Å². The molecule has 30 heavy (non-hydrogen) atoms. The van der Waals surface area contributed by atoms with Gasteiger partial charge in [-0.15, -0.1) is 11.3 Å². The van der Waals surface area contributed by atoms with Gasteiger partial charge in [0.05, 0.1) is 10.6 Å². The topological polar surface area (TPSA) is 124 Å². The average molecular weight is 440 g/mol. The summed E-state index contributed by atoms with van der Waals surface area (Å²) in [6.45, 7) is 1.77. The zero-order valence-electron chi connectivity index (χ0n) is 15.8. The zero-order chi connectivity index (χ0) is 21.3. The molecule has 2 amide bonds. The van der Waals surface area contributed by atoms with Gasteiger partial charge in [-0.1, -0.05) is 6.07 Å². The maximum Gasteiger partial charge on any atom is 0.269 e. The van der Waals surface area contributed by atoms with E-state index >= 15 is 0 Å². The smallest absolute Gasteiger partial charge is 0.269 e. The highest BCUT2D eigenvalue weighted by Crippen LogP contribution is 2.26. The van der Waals surface area contributed by atoms with Crippen molar-refractivity contribution in [2.75, 3.05) is 5.32 Å². The molecular weight excluding hydrogens is 422 g/mol. The van der Waals surface area contributed by atoms with Crippen molar-refractivity contribution in [2.24, 2.45) is 5.73 Å². The van der Waals surface area contributed by atoms with Gasteiger partial charge >= 0.3 is 0 Å². The van der Waals surface area contributed by atoms with Crippen molar-refractivity contribution in [3.8, 4) is 16.4 Å². The molecular formula is C19H17N7O2S2. The van der Waals surface area contributed by atoms with Crippen LogP contribution in [-0.4, -0.2) is 36.4 Å². The number of thiophene rings is 1. The largest absolute Gasteiger partial charge is 0.364 e. The molecule has 152 valence electrons. The lowest BCUT2D eigenvalue weighted by Crippen LogP contribution is -2.24. The Kier molecular flexibility index (Phi) is 5.29. The third kappa shape index (κ3) is 3.80. The molecule has 11 heteroatoms. The van der Waals surface area contributed by atoms with Gasteiger partial charge < -0.3 is 11.1 Å².